The van der Waals surface area contributed by atoms with Crippen molar-refractivity contribution in [2.24, 2.45) is 5.92 Å². The van der Waals surface area contributed by atoms with Crippen LogP contribution in [-0.2, 0) is 32.6 Å². The highest BCUT2D eigenvalue weighted by Gasteiger charge is 2.35. The number of para-hydroxylation sites is 1. The van der Waals surface area contributed by atoms with Crippen molar-refractivity contribution < 1.29 is 18.0 Å². The summed E-state index contributed by atoms with van der Waals surface area (Å²) in [6.45, 7) is 2.65. The number of anilines is 2. The maximum absolute atomic E-state index is 12.6. The number of amides is 2. The van der Waals surface area contributed by atoms with E-state index in [1.165, 1.54) is 0 Å². The average molecular weight is 416 g/mol. The molecule has 2 aromatic rings. The van der Waals surface area contributed by atoms with E-state index in [0.717, 1.165) is 29.5 Å². The number of hydrogen-bond donors (Lipinski definition) is 2. The minimum Gasteiger partial charge on any atom is -0.352 e. The van der Waals surface area contributed by atoms with Crippen molar-refractivity contribution in [1.82, 2.24) is 5.32 Å². The van der Waals surface area contributed by atoms with Crippen molar-refractivity contribution in [2.75, 3.05) is 22.4 Å². The standard InChI is InChI=1S/C21H25N3O4S/c1-3-16-8-4-5-10-19(16)24-14-17(12-20(24)25)21(26)22-13-15-7-6-9-18(11-15)23-29(2,27)28/h4-11,17,23H,3,12-14H2,1-2H3,(H,22,26)/t17-/m0/s1. The Hall–Kier alpha value is -2.87. The van der Waals surface area contributed by atoms with Crippen LogP contribution in [0.25, 0.3) is 0 Å². The number of carbonyl (C=O) groups excluding carboxylic acids is 2. The molecule has 0 saturated carbocycles. The van der Waals surface area contributed by atoms with Crippen LogP contribution >= 0.6 is 0 Å². The highest BCUT2D eigenvalue weighted by molar-refractivity contribution is 7.92. The second-order valence-corrected chi connectivity index (χ2v) is 8.93. The predicted octanol–water partition coefficient (Wildman–Crippen LogP) is 2.29. The molecule has 154 valence electrons. The second-order valence-electron chi connectivity index (χ2n) is 7.18. The van der Waals surface area contributed by atoms with Gasteiger partial charge < -0.3 is 10.2 Å². The molecule has 0 aliphatic carbocycles. The zero-order chi connectivity index (χ0) is 21.0. The normalized spacial score (nSPS) is 16.7. The summed E-state index contributed by atoms with van der Waals surface area (Å²) in [5.41, 5.74) is 3.16. The number of rotatable bonds is 7. The molecule has 2 N–H and O–H groups in total. The van der Waals surface area contributed by atoms with Gasteiger partial charge in [-0.1, -0.05) is 37.3 Å². The van der Waals surface area contributed by atoms with Crippen LogP contribution in [-0.4, -0.2) is 33.0 Å². The van der Waals surface area contributed by atoms with Crippen LogP contribution in [0.1, 0.15) is 24.5 Å². The number of aryl methyl sites for hydroxylation is 1. The molecule has 0 spiro atoms. The number of nitrogens with zero attached hydrogens (tertiary/aromatic N) is 1. The molecular formula is C21H25N3O4S. The molecule has 1 aliphatic heterocycles. The first-order valence-electron chi connectivity index (χ1n) is 9.49. The van der Waals surface area contributed by atoms with Crippen molar-refractivity contribution in [1.29, 1.82) is 0 Å². The maximum Gasteiger partial charge on any atom is 0.229 e. The number of carbonyl (C=O) groups is 2. The average Bonchev–Trinajstić information content (AvgIpc) is 3.06. The zero-order valence-corrected chi connectivity index (χ0v) is 17.3. The highest BCUT2D eigenvalue weighted by Crippen LogP contribution is 2.28. The van der Waals surface area contributed by atoms with Gasteiger partial charge in [-0.15, -0.1) is 0 Å². The van der Waals surface area contributed by atoms with Crippen molar-refractivity contribution in [2.45, 2.75) is 26.3 Å². The van der Waals surface area contributed by atoms with Gasteiger partial charge in [-0.25, -0.2) is 8.42 Å². The number of benzene rings is 2. The molecule has 3 rings (SSSR count). The summed E-state index contributed by atoms with van der Waals surface area (Å²) in [5, 5.41) is 2.86. The van der Waals surface area contributed by atoms with E-state index in [1.54, 1.807) is 29.2 Å². The van der Waals surface area contributed by atoms with E-state index < -0.39 is 15.9 Å². The lowest BCUT2D eigenvalue weighted by Crippen LogP contribution is -2.32. The Balaban J connectivity index is 1.62. The molecule has 1 atom stereocenters. The lowest BCUT2D eigenvalue weighted by Gasteiger charge is -2.20. The fourth-order valence-corrected chi connectivity index (χ4v) is 4.04. The summed E-state index contributed by atoms with van der Waals surface area (Å²) >= 11 is 0. The highest BCUT2D eigenvalue weighted by atomic mass is 32.2. The van der Waals surface area contributed by atoms with E-state index in [2.05, 4.69) is 10.0 Å². The van der Waals surface area contributed by atoms with Gasteiger partial charge in [0.15, 0.2) is 0 Å². The second kappa shape index (κ2) is 8.65. The number of nitrogens with one attached hydrogen (secondary N) is 2. The molecule has 2 aromatic carbocycles. The molecule has 1 fully saturated rings. The third kappa shape index (κ3) is 5.35. The molecule has 8 heteroatoms. The molecule has 1 aliphatic rings. The first-order valence-corrected chi connectivity index (χ1v) is 11.4. The number of sulfonamides is 1. The quantitative estimate of drug-likeness (QED) is 0.725. The van der Waals surface area contributed by atoms with Crippen LogP contribution in [0.15, 0.2) is 48.5 Å². The Bertz CT molecular complexity index is 1020. The topological polar surface area (TPSA) is 95.6 Å². The molecule has 7 nitrogen and oxygen atoms in total. The predicted molar refractivity (Wildman–Crippen MR) is 113 cm³/mol. The Morgan fingerprint density at radius 2 is 1.93 bits per heavy atom. The minimum atomic E-state index is -3.36. The zero-order valence-electron chi connectivity index (χ0n) is 16.5. The number of hydrogen-bond acceptors (Lipinski definition) is 4. The fourth-order valence-electron chi connectivity index (χ4n) is 3.48. The molecule has 1 saturated heterocycles. The van der Waals surface area contributed by atoms with Crippen LogP contribution in [0.3, 0.4) is 0 Å². The summed E-state index contributed by atoms with van der Waals surface area (Å²) < 4.78 is 25.1. The van der Waals surface area contributed by atoms with E-state index in [4.69, 9.17) is 0 Å². The Morgan fingerprint density at radius 3 is 2.66 bits per heavy atom. The van der Waals surface area contributed by atoms with E-state index in [1.807, 2.05) is 31.2 Å². The molecular weight excluding hydrogens is 390 g/mol. The monoisotopic (exact) mass is 415 g/mol. The summed E-state index contributed by atoms with van der Waals surface area (Å²) in [6.07, 6.45) is 2.08. The van der Waals surface area contributed by atoms with Gasteiger partial charge >= 0.3 is 0 Å². The van der Waals surface area contributed by atoms with E-state index in [9.17, 15) is 18.0 Å². The van der Waals surface area contributed by atoms with Gasteiger partial charge in [-0.2, -0.15) is 0 Å². The first-order chi connectivity index (χ1) is 13.8. The smallest absolute Gasteiger partial charge is 0.229 e. The summed E-state index contributed by atoms with van der Waals surface area (Å²) in [5.74, 6) is -0.647. The Morgan fingerprint density at radius 1 is 1.17 bits per heavy atom. The molecule has 0 unspecified atom stereocenters. The third-order valence-electron chi connectivity index (χ3n) is 4.86. The summed E-state index contributed by atoms with van der Waals surface area (Å²) in [4.78, 5) is 26.8. The van der Waals surface area contributed by atoms with E-state index >= 15 is 0 Å². The molecule has 0 radical (unpaired) electrons. The van der Waals surface area contributed by atoms with E-state index in [-0.39, 0.29) is 24.8 Å². The van der Waals surface area contributed by atoms with Crippen molar-refractivity contribution in [3.63, 3.8) is 0 Å². The van der Waals surface area contributed by atoms with Gasteiger partial charge in [-0.05, 0) is 35.7 Å². The molecule has 2 amide bonds. The summed E-state index contributed by atoms with van der Waals surface area (Å²) in [7, 11) is -3.36. The van der Waals surface area contributed by atoms with Crippen molar-refractivity contribution >= 4 is 33.2 Å². The maximum atomic E-state index is 12.6. The van der Waals surface area contributed by atoms with Crippen molar-refractivity contribution in [3.05, 3.63) is 59.7 Å². The first kappa shape index (κ1) is 20.9. The van der Waals surface area contributed by atoms with Crippen LogP contribution in [0.5, 0.6) is 0 Å². The van der Waals surface area contributed by atoms with Crippen LogP contribution in [0.4, 0.5) is 11.4 Å². The van der Waals surface area contributed by atoms with Crippen LogP contribution < -0.4 is 14.9 Å². The largest absolute Gasteiger partial charge is 0.352 e. The van der Waals surface area contributed by atoms with Crippen LogP contribution in [0, 0.1) is 5.92 Å². The van der Waals surface area contributed by atoms with Gasteiger partial charge in [0.05, 0.1) is 12.2 Å². The van der Waals surface area contributed by atoms with Gasteiger partial charge in [-0.3, -0.25) is 14.3 Å². The minimum absolute atomic E-state index is 0.0506. The summed E-state index contributed by atoms with van der Waals surface area (Å²) in [6, 6.07) is 14.6. The SMILES string of the molecule is CCc1ccccc1N1C[C@@H](C(=O)NCc2cccc(NS(C)(=O)=O)c2)CC1=O. The van der Waals surface area contributed by atoms with Gasteiger partial charge in [0.2, 0.25) is 21.8 Å². The lowest BCUT2D eigenvalue weighted by molar-refractivity contribution is -0.126. The lowest BCUT2D eigenvalue weighted by atomic mass is 10.1. The fraction of sp³-hybridized carbons (Fsp3) is 0.333. The van der Waals surface area contributed by atoms with Gasteiger partial charge in [0, 0.05) is 30.9 Å². The third-order valence-corrected chi connectivity index (χ3v) is 5.46. The Labute approximate surface area is 171 Å². The van der Waals surface area contributed by atoms with E-state index in [0.29, 0.717) is 12.2 Å². The van der Waals surface area contributed by atoms with Gasteiger partial charge in [0.1, 0.15) is 0 Å². The van der Waals surface area contributed by atoms with Crippen molar-refractivity contribution in [3.8, 4) is 0 Å². The van der Waals surface area contributed by atoms with Gasteiger partial charge in [0.25, 0.3) is 0 Å². The molecule has 0 aromatic heterocycles. The Kier molecular flexibility index (Phi) is 6.22. The molecule has 29 heavy (non-hydrogen) atoms. The molecule has 1 heterocycles. The van der Waals surface area contributed by atoms with Crippen LogP contribution in [0.2, 0.25) is 0 Å². The molecule has 0 bridgehead atoms.